The number of hydrogen-bond acceptors (Lipinski definition) is 23. The van der Waals surface area contributed by atoms with E-state index in [0.717, 1.165) is 18.2 Å². The lowest BCUT2D eigenvalue weighted by atomic mass is 9.89. The van der Waals surface area contributed by atoms with Crippen molar-refractivity contribution < 1.29 is 109 Å². The average Bonchev–Trinajstić information content (AvgIpc) is 3.24. The minimum atomic E-state index is -2.16. The molecule has 0 saturated carbocycles. The van der Waals surface area contributed by atoms with Gasteiger partial charge in [0.25, 0.3) is 0 Å². The number of esters is 1. The number of ether oxygens (including phenoxy) is 6. The monoisotopic (exact) mass is 878 g/mol. The third-order valence-electron chi connectivity index (χ3n) is 10.7. The summed E-state index contributed by atoms with van der Waals surface area (Å²) >= 11 is 0. The van der Waals surface area contributed by atoms with Crippen LogP contribution >= 0.6 is 0 Å². The quantitative estimate of drug-likeness (QED) is 0.0623. The van der Waals surface area contributed by atoms with Crippen LogP contribution in [0.4, 0.5) is 0 Å². The molecule has 14 atom stereocenters. The molecule has 23 nitrogen and oxygen atoms in total. The normalized spacial score (nSPS) is 32.7. The SMILES string of the molecule is C[C@@H]1O[C@@H](c2c(O[C@@H]3O[C@H](COC(=O)c4cc(O)c(O)c(O)c4)[C@@H](O)[C@H](O)[C@H]3O)cc3oc(-c4ccc(O)cc4)c(O)c(=O)c3c2O)[C@H](OC2OCC(O)C(O)C2O)[C@H](O)[C@H]1O. The minimum Gasteiger partial charge on any atom is -0.508 e. The van der Waals surface area contributed by atoms with Gasteiger partial charge < -0.3 is 104 Å². The van der Waals surface area contributed by atoms with Crippen molar-refractivity contribution in [3.05, 3.63) is 63.8 Å². The maximum Gasteiger partial charge on any atom is 0.338 e. The summed E-state index contributed by atoms with van der Waals surface area (Å²) in [5, 5.41) is 147. The van der Waals surface area contributed by atoms with E-state index in [1.807, 2.05) is 0 Å². The van der Waals surface area contributed by atoms with E-state index in [1.165, 1.54) is 31.2 Å². The molecular formula is C39H42O23. The van der Waals surface area contributed by atoms with Crippen LogP contribution in [0.3, 0.4) is 0 Å². The number of carbonyl (C=O) groups is 1. The van der Waals surface area contributed by atoms with Gasteiger partial charge in [-0.1, -0.05) is 0 Å². The van der Waals surface area contributed by atoms with E-state index < -0.39 is 173 Å². The van der Waals surface area contributed by atoms with Gasteiger partial charge in [-0.2, -0.15) is 0 Å². The molecule has 7 rings (SSSR count). The maximum absolute atomic E-state index is 13.9. The fraction of sp³-hybridized carbons (Fsp3) is 0.436. The molecule has 0 spiro atoms. The number of hydrogen-bond donors (Lipinski definition) is 14. The van der Waals surface area contributed by atoms with Gasteiger partial charge in [-0.15, -0.1) is 0 Å². The number of rotatable bonds is 9. The number of benzene rings is 3. The van der Waals surface area contributed by atoms with Crippen LogP contribution in [0.2, 0.25) is 0 Å². The van der Waals surface area contributed by atoms with Crippen LogP contribution in [0, 0.1) is 0 Å². The van der Waals surface area contributed by atoms with Crippen molar-refractivity contribution in [3.8, 4) is 51.6 Å². The Morgan fingerprint density at radius 1 is 0.726 bits per heavy atom. The number of aromatic hydroxyl groups is 6. The summed E-state index contributed by atoms with van der Waals surface area (Å²) in [6.07, 6.45) is -26.0. The number of phenolic OH excluding ortho intramolecular Hbond substituents is 5. The summed E-state index contributed by atoms with van der Waals surface area (Å²) in [6.45, 7) is -0.166. The molecule has 0 bridgehead atoms. The van der Waals surface area contributed by atoms with Gasteiger partial charge in [0, 0.05) is 11.6 Å². The van der Waals surface area contributed by atoms with E-state index in [9.17, 15) is 81.1 Å². The molecule has 3 fully saturated rings. The second-order valence-electron chi connectivity index (χ2n) is 14.9. The summed E-state index contributed by atoms with van der Waals surface area (Å²) in [5.41, 5.74) is -2.79. The largest absolute Gasteiger partial charge is 0.508 e. The molecule has 23 heteroatoms. The summed E-state index contributed by atoms with van der Waals surface area (Å²) in [7, 11) is 0. The third kappa shape index (κ3) is 8.12. The summed E-state index contributed by atoms with van der Waals surface area (Å²) in [6, 6.07) is 7.46. The standard InChI is InChI=1S/C39H42O23/c1-11-23(44)30(51)36(62-38-32(53)25(46)17(43)9-57-38)35(58-11)22-19(8-18-21(27(22)48)28(49)31(52)34(59-18)12-2-4-14(40)5-3-12)60-39-33(54)29(50)26(47)20(61-39)10-56-37(55)13-6-15(41)24(45)16(42)7-13/h2-8,11,17,20,23,25-26,29-30,32-33,35-36,38-48,50-54H,9-10H2,1H3/t11-,17?,20+,23-,25?,26+,29-,30+,32?,33+,35-,36+,38?,39+/m0/s1. The number of fused-ring (bicyclic) bond motifs is 1. The number of phenols is 5. The van der Waals surface area contributed by atoms with E-state index in [1.54, 1.807) is 0 Å². The Morgan fingerprint density at radius 3 is 2.03 bits per heavy atom. The first-order valence-corrected chi connectivity index (χ1v) is 18.7. The molecule has 62 heavy (non-hydrogen) atoms. The first-order valence-electron chi connectivity index (χ1n) is 18.7. The van der Waals surface area contributed by atoms with E-state index in [4.69, 9.17) is 32.8 Å². The van der Waals surface area contributed by atoms with Crippen LogP contribution in [0.5, 0.6) is 40.2 Å². The van der Waals surface area contributed by atoms with Gasteiger partial charge in [-0.05, 0) is 43.3 Å². The highest BCUT2D eigenvalue weighted by Crippen LogP contribution is 2.48. The molecule has 3 aliphatic heterocycles. The minimum absolute atomic E-state index is 0.0666. The zero-order valence-electron chi connectivity index (χ0n) is 32.0. The average molecular weight is 879 g/mol. The Kier molecular flexibility index (Phi) is 12.4. The van der Waals surface area contributed by atoms with Crippen molar-refractivity contribution in [2.24, 2.45) is 0 Å². The Labute approximate surface area is 347 Å². The number of aliphatic hydroxyl groups is 8. The molecule has 3 aromatic carbocycles. The molecule has 4 unspecified atom stereocenters. The molecule has 4 heterocycles. The fourth-order valence-electron chi connectivity index (χ4n) is 7.22. The second kappa shape index (κ2) is 17.3. The van der Waals surface area contributed by atoms with E-state index in [0.29, 0.717) is 0 Å². The van der Waals surface area contributed by atoms with Crippen LogP contribution in [0.25, 0.3) is 22.3 Å². The predicted octanol–water partition coefficient (Wildman–Crippen LogP) is -2.26. The smallest absolute Gasteiger partial charge is 0.338 e. The molecule has 3 aliphatic rings. The van der Waals surface area contributed by atoms with Gasteiger partial charge in [0.2, 0.25) is 17.5 Å². The van der Waals surface area contributed by atoms with Gasteiger partial charge in [0.05, 0.1) is 23.8 Å². The van der Waals surface area contributed by atoms with Crippen LogP contribution in [-0.4, -0.2) is 170 Å². The Hall–Kier alpha value is -5.54. The van der Waals surface area contributed by atoms with Crippen molar-refractivity contribution in [1.82, 2.24) is 0 Å². The lowest BCUT2D eigenvalue weighted by Gasteiger charge is -2.45. The maximum atomic E-state index is 13.9. The van der Waals surface area contributed by atoms with E-state index >= 15 is 0 Å². The zero-order valence-corrected chi connectivity index (χ0v) is 32.0. The third-order valence-corrected chi connectivity index (χ3v) is 10.7. The van der Waals surface area contributed by atoms with Crippen molar-refractivity contribution in [2.45, 2.75) is 92.8 Å². The van der Waals surface area contributed by atoms with Crippen LogP contribution in [-0.2, 0) is 23.7 Å². The molecule has 14 N–H and O–H groups in total. The molecule has 0 aliphatic carbocycles. The number of aliphatic hydroxyl groups excluding tert-OH is 8. The first-order chi connectivity index (χ1) is 29.3. The lowest BCUT2D eigenvalue weighted by Crippen LogP contribution is -2.60. The number of carbonyl (C=O) groups excluding carboxylic acids is 1. The molecule has 3 saturated heterocycles. The van der Waals surface area contributed by atoms with Crippen molar-refractivity contribution in [3.63, 3.8) is 0 Å². The molecule has 1 aromatic heterocycles. The Balaban J connectivity index is 1.31. The second-order valence-corrected chi connectivity index (χ2v) is 14.9. The van der Waals surface area contributed by atoms with Crippen LogP contribution in [0.15, 0.2) is 51.7 Å². The highest BCUT2D eigenvalue weighted by molar-refractivity contribution is 5.91. The van der Waals surface area contributed by atoms with Gasteiger partial charge in [0.15, 0.2) is 29.3 Å². The predicted molar refractivity (Wildman–Crippen MR) is 200 cm³/mol. The van der Waals surface area contributed by atoms with E-state index in [2.05, 4.69) is 0 Å². The van der Waals surface area contributed by atoms with Gasteiger partial charge >= 0.3 is 5.97 Å². The molecular weight excluding hydrogens is 836 g/mol. The van der Waals surface area contributed by atoms with Gasteiger partial charge in [0.1, 0.15) is 102 Å². The zero-order chi connectivity index (χ0) is 45.1. The highest BCUT2D eigenvalue weighted by atomic mass is 16.7. The molecule has 336 valence electrons. The molecule has 0 amide bonds. The summed E-state index contributed by atoms with van der Waals surface area (Å²) < 4.78 is 39.9. The highest BCUT2D eigenvalue weighted by Gasteiger charge is 2.51. The van der Waals surface area contributed by atoms with Crippen LogP contribution < -0.4 is 10.2 Å². The molecule has 4 aromatic rings. The fourth-order valence-corrected chi connectivity index (χ4v) is 7.22. The van der Waals surface area contributed by atoms with Crippen molar-refractivity contribution in [2.75, 3.05) is 13.2 Å². The topological polar surface area (TPSA) is 386 Å². The summed E-state index contributed by atoms with van der Waals surface area (Å²) in [5.74, 6) is -7.29. The van der Waals surface area contributed by atoms with Gasteiger partial charge in [-0.25, -0.2) is 4.79 Å². The lowest BCUT2D eigenvalue weighted by molar-refractivity contribution is -0.323. The van der Waals surface area contributed by atoms with Gasteiger partial charge in [-0.3, -0.25) is 4.79 Å². The summed E-state index contributed by atoms with van der Waals surface area (Å²) in [4.78, 5) is 26.7. The van der Waals surface area contributed by atoms with Crippen molar-refractivity contribution >= 4 is 16.9 Å². The molecule has 0 radical (unpaired) electrons. The van der Waals surface area contributed by atoms with E-state index in [-0.39, 0.29) is 11.3 Å². The van der Waals surface area contributed by atoms with Crippen LogP contribution in [0.1, 0.15) is 28.9 Å². The Bertz CT molecular complexity index is 2330. The van der Waals surface area contributed by atoms with Crippen molar-refractivity contribution in [1.29, 1.82) is 0 Å². The first kappa shape index (κ1) is 44.5. The Morgan fingerprint density at radius 2 is 1.37 bits per heavy atom.